The van der Waals surface area contributed by atoms with Gasteiger partial charge in [0.2, 0.25) is 5.91 Å². The van der Waals surface area contributed by atoms with Gasteiger partial charge in [0.05, 0.1) is 6.54 Å². The molecule has 1 amide bonds. The molecule has 0 spiro atoms. The van der Waals surface area contributed by atoms with E-state index >= 15 is 0 Å². The van der Waals surface area contributed by atoms with Gasteiger partial charge in [-0.1, -0.05) is 6.07 Å². The van der Waals surface area contributed by atoms with E-state index in [-0.39, 0.29) is 11.5 Å². The molecular weight excluding hydrogens is 206 g/mol. The number of carbonyl (C=O) groups is 1. The Hall–Kier alpha value is -1.62. The summed E-state index contributed by atoms with van der Waals surface area (Å²) in [6.45, 7) is 3.12. The first kappa shape index (κ1) is 10.9. The second-order valence-corrected chi connectivity index (χ2v) is 3.79. The maximum absolute atomic E-state index is 11.5. The van der Waals surface area contributed by atoms with Gasteiger partial charge < -0.3 is 14.8 Å². The highest BCUT2D eigenvalue weighted by Gasteiger charge is 2.16. The molecule has 0 atom stereocenters. The summed E-state index contributed by atoms with van der Waals surface area (Å²) in [6, 6.07) is 5.06. The highest BCUT2D eigenvalue weighted by atomic mass is 16.2. The molecule has 1 aliphatic rings. The molecule has 2 heterocycles. The van der Waals surface area contributed by atoms with E-state index in [0.717, 1.165) is 13.1 Å². The van der Waals surface area contributed by atoms with E-state index in [0.29, 0.717) is 19.6 Å². The van der Waals surface area contributed by atoms with Crippen LogP contribution in [-0.4, -0.2) is 41.6 Å². The average Bonchev–Trinajstić information content (AvgIpc) is 2.30. The second-order valence-electron chi connectivity index (χ2n) is 3.79. The monoisotopic (exact) mass is 221 g/mol. The fourth-order valence-corrected chi connectivity index (χ4v) is 1.76. The average molecular weight is 221 g/mol. The number of hydrogen-bond acceptors (Lipinski definition) is 3. The molecule has 0 bridgehead atoms. The summed E-state index contributed by atoms with van der Waals surface area (Å²) < 4.78 is 1.62. The number of nitrogens with zero attached hydrogens (tertiary/aromatic N) is 2. The van der Waals surface area contributed by atoms with E-state index in [1.165, 1.54) is 6.07 Å². The maximum atomic E-state index is 11.5. The summed E-state index contributed by atoms with van der Waals surface area (Å²) in [7, 11) is 0. The number of hydrogen-bond donors (Lipinski definition) is 1. The molecule has 1 fully saturated rings. The lowest BCUT2D eigenvalue weighted by Gasteiger charge is -2.27. The summed E-state index contributed by atoms with van der Waals surface area (Å²) in [5.41, 5.74) is -0.0231. The number of nitrogens with one attached hydrogen (secondary N) is 1. The SMILES string of the molecule is O=C1CNCCN1CCn1ccccc1=O. The predicted octanol–water partition coefficient (Wildman–Crippen LogP) is -0.720. The lowest BCUT2D eigenvalue weighted by atomic mass is 10.3. The Bertz CT molecular complexity index is 427. The van der Waals surface area contributed by atoms with E-state index in [2.05, 4.69) is 5.32 Å². The van der Waals surface area contributed by atoms with Crippen molar-refractivity contribution in [2.75, 3.05) is 26.2 Å². The maximum Gasteiger partial charge on any atom is 0.250 e. The van der Waals surface area contributed by atoms with Gasteiger partial charge >= 0.3 is 0 Å². The van der Waals surface area contributed by atoms with Crippen LogP contribution in [0.5, 0.6) is 0 Å². The van der Waals surface area contributed by atoms with Crippen LogP contribution in [0.15, 0.2) is 29.2 Å². The first-order valence-corrected chi connectivity index (χ1v) is 5.41. The smallest absolute Gasteiger partial charge is 0.250 e. The molecule has 0 saturated carbocycles. The van der Waals surface area contributed by atoms with Gasteiger partial charge in [-0.2, -0.15) is 0 Å². The van der Waals surface area contributed by atoms with Gasteiger partial charge in [0.15, 0.2) is 0 Å². The van der Waals surface area contributed by atoms with E-state index < -0.39 is 0 Å². The Kier molecular flexibility index (Phi) is 3.36. The van der Waals surface area contributed by atoms with Crippen LogP contribution >= 0.6 is 0 Å². The molecule has 0 unspecified atom stereocenters. The predicted molar refractivity (Wildman–Crippen MR) is 60.2 cm³/mol. The molecule has 1 saturated heterocycles. The van der Waals surface area contributed by atoms with Gasteiger partial charge in [0, 0.05) is 38.4 Å². The fraction of sp³-hybridized carbons (Fsp3) is 0.455. The lowest BCUT2D eigenvalue weighted by Crippen LogP contribution is -2.49. The largest absolute Gasteiger partial charge is 0.339 e. The van der Waals surface area contributed by atoms with Crippen molar-refractivity contribution in [1.29, 1.82) is 0 Å². The Balaban J connectivity index is 1.94. The molecule has 1 aliphatic heterocycles. The van der Waals surface area contributed by atoms with Crippen molar-refractivity contribution in [3.8, 4) is 0 Å². The van der Waals surface area contributed by atoms with Crippen LogP contribution in [-0.2, 0) is 11.3 Å². The number of pyridine rings is 1. The molecule has 1 N–H and O–H groups in total. The number of rotatable bonds is 3. The van der Waals surface area contributed by atoms with E-state index in [4.69, 9.17) is 0 Å². The number of carbonyl (C=O) groups excluding carboxylic acids is 1. The standard InChI is InChI=1S/C11H15N3O2/c15-10-3-1-2-5-13(10)7-8-14-6-4-12-9-11(14)16/h1-3,5,12H,4,6-9H2. The van der Waals surface area contributed by atoms with Crippen molar-refractivity contribution in [1.82, 2.24) is 14.8 Å². The van der Waals surface area contributed by atoms with Gasteiger partial charge in [-0.3, -0.25) is 9.59 Å². The summed E-state index contributed by atoms with van der Waals surface area (Å²) >= 11 is 0. The van der Waals surface area contributed by atoms with Crippen molar-refractivity contribution < 1.29 is 4.79 Å². The van der Waals surface area contributed by atoms with Crippen molar-refractivity contribution in [3.05, 3.63) is 34.7 Å². The van der Waals surface area contributed by atoms with E-state index in [1.807, 2.05) is 6.07 Å². The summed E-state index contributed by atoms with van der Waals surface area (Å²) in [5, 5.41) is 3.01. The third-order valence-corrected chi connectivity index (χ3v) is 2.70. The first-order valence-electron chi connectivity index (χ1n) is 5.41. The van der Waals surface area contributed by atoms with Crippen molar-refractivity contribution in [3.63, 3.8) is 0 Å². The molecule has 1 aromatic heterocycles. The summed E-state index contributed by atoms with van der Waals surface area (Å²) in [6.07, 6.45) is 1.75. The lowest BCUT2D eigenvalue weighted by molar-refractivity contribution is -0.132. The minimum Gasteiger partial charge on any atom is -0.339 e. The van der Waals surface area contributed by atoms with Gasteiger partial charge in [-0.25, -0.2) is 0 Å². The molecule has 5 nitrogen and oxygen atoms in total. The zero-order valence-electron chi connectivity index (χ0n) is 9.06. The molecule has 1 aromatic rings. The molecule has 16 heavy (non-hydrogen) atoms. The summed E-state index contributed by atoms with van der Waals surface area (Å²) in [4.78, 5) is 24.7. The van der Waals surface area contributed by atoms with Gasteiger partial charge in [-0.15, -0.1) is 0 Å². The number of amides is 1. The van der Waals surface area contributed by atoms with E-state index in [9.17, 15) is 9.59 Å². The zero-order valence-corrected chi connectivity index (χ0v) is 9.06. The molecule has 2 rings (SSSR count). The van der Waals surface area contributed by atoms with Crippen LogP contribution in [0, 0.1) is 0 Å². The van der Waals surface area contributed by atoms with Gasteiger partial charge in [0.1, 0.15) is 0 Å². The van der Waals surface area contributed by atoms with Gasteiger partial charge in [0.25, 0.3) is 5.56 Å². The number of aromatic nitrogens is 1. The van der Waals surface area contributed by atoms with E-state index in [1.54, 1.807) is 21.7 Å². The van der Waals surface area contributed by atoms with Crippen LogP contribution in [0.4, 0.5) is 0 Å². The third-order valence-electron chi connectivity index (χ3n) is 2.70. The van der Waals surface area contributed by atoms with Crippen LogP contribution in [0.1, 0.15) is 0 Å². The molecule has 0 aliphatic carbocycles. The zero-order chi connectivity index (χ0) is 11.4. The minimum absolute atomic E-state index is 0.0231. The normalized spacial score (nSPS) is 16.5. The molecule has 86 valence electrons. The highest BCUT2D eigenvalue weighted by Crippen LogP contribution is 1.95. The first-order chi connectivity index (χ1) is 7.77. The van der Waals surface area contributed by atoms with Crippen molar-refractivity contribution in [2.24, 2.45) is 0 Å². The number of piperazine rings is 1. The van der Waals surface area contributed by atoms with Crippen LogP contribution in [0.3, 0.4) is 0 Å². The Morgan fingerprint density at radius 2 is 2.12 bits per heavy atom. The summed E-state index contributed by atoms with van der Waals surface area (Å²) in [5.74, 6) is 0.107. The second kappa shape index (κ2) is 4.94. The fourth-order valence-electron chi connectivity index (χ4n) is 1.76. The highest BCUT2D eigenvalue weighted by molar-refractivity contribution is 5.78. The third kappa shape index (κ3) is 2.49. The molecule has 0 aromatic carbocycles. The molecule has 5 heteroatoms. The Morgan fingerprint density at radius 3 is 2.88 bits per heavy atom. The minimum atomic E-state index is -0.0231. The molecule has 0 radical (unpaired) electrons. The Labute approximate surface area is 93.7 Å². The van der Waals surface area contributed by atoms with Crippen molar-refractivity contribution >= 4 is 5.91 Å². The van der Waals surface area contributed by atoms with Gasteiger partial charge in [-0.05, 0) is 6.07 Å². The van der Waals surface area contributed by atoms with Crippen molar-refractivity contribution in [2.45, 2.75) is 6.54 Å². The quantitative estimate of drug-likeness (QED) is 0.733. The molecular formula is C11H15N3O2. The van der Waals surface area contributed by atoms with Crippen LogP contribution in [0.2, 0.25) is 0 Å². The van der Waals surface area contributed by atoms with Crippen LogP contribution < -0.4 is 10.9 Å². The Morgan fingerprint density at radius 1 is 1.25 bits per heavy atom. The van der Waals surface area contributed by atoms with Crippen LogP contribution in [0.25, 0.3) is 0 Å². The topological polar surface area (TPSA) is 54.3 Å².